The molecule has 7 heteroatoms. The first-order chi connectivity index (χ1) is 12.9. The molecule has 1 aliphatic rings. The largest absolute Gasteiger partial charge is 0.462 e. The molecule has 2 rings (SSSR count). The molecule has 2 unspecified atom stereocenters. The lowest BCUT2D eigenvalue weighted by Gasteiger charge is -2.35. The Morgan fingerprint density at radius 2 is 1.93 bits per heavy atom. The second-order valence-corrected chi connectivity index (χ2v) is 6.44. The number of hydrogen-bond donors (Lipinski definition) is 1. The average molecular weight is 371 g/mol. The van der Waals surface area contributed by atoms with Crippen molar-refractivity contribution in [3.63, 3.8) is 0 Å². The third-order valence-electron chi connectivity index (χ3n) is 4.08. The summed E-state index contributed by atoms with van der Waals surface area (Å²) in [7, 11) is 0. The van der Waals surface area contributed by atoms with Crippen molar-refractivity contribution in [3.8, 4) is 6.07 Å². The summed E-state index contributed by atoms with van der Waals surface area (Å²) in [5.74, 6) is -0.659. The Morgan fingerprint density at radius 1 is 1.30 bits per heavy atom. The van der Waals surface area contributed by atoms with E-state index in [1.807, 2.05) is 19.9 Å². The van der Waals surface area contributed by atoms with Crippen molar-refractivity contribution in [1.82, 2.24) is 10.2 Å². The maximum absolute atomic E-state index is 12.5. The summed E-state index contributed by atoms with van der Waals surface area (Å²) >= 11 is 0. The van der Waals surface area contributed by atoms with Crippen molar-refractivity contribution in [1.29, 1.82) is 5.26 Å². The van der Waals surface area contributed by atoms with Crippen LogP contribution in [-0.4, -0.2) is 48.7 Å². The highest BCUT2D eigenvalue weighted by molar-refractivity contribution is 5.97. The molecule has 1 fully saturated rings. The maximum Gasteiger partial charge on any atom is 0.338 e. The molecule has 2 atom stereocenters. The van der Waals surface area contributed by atoms with Gasteiger partial charge in [-0.1, -0.05) is 12.1 Å². The van der Waals surface area contributed by atoms with Gasteiger partial charge in [0.15, 0.2) is 0 Å². The van der Waals surface area contributed by atoms with Crippen molar-refractivity contribution in [3.05, 3.63) is 47.2 Å². The molecule has 1 N–H and O–H groups in total. The number of hydrogen-bond acceptors (Lipinski definition) is 6. The van der Waals surface area contributed by atoms with E-state index < -0.39 is 0 Å². The quantitative estimate of drug-likeness (QED) is 0.467. The van der Waals surface area contributed by atoms with Crippen LogP contribution >= 0.6 is 0 Å². The number of rotatable bonds is 6. The van der Waals surface area contributed by atoms with E-state index >= 15 is 0 Å². The van der Waals surface area contributed by atoms with Crippen LogP contribution in [0.4, 0.5) is 0 Å². The van der Waals surface area contributed by atoms with E-state index in [-0.39, 0.29) is 29.7 Å². The molecule has 1 aliphatic heterocycles. The van der Waals surface area contributed by atoms with Gasteiger partial charge in [0.1, 0.15) is 11.6 Å². The van der Waals surface area contributed by atoms with Gasteiger partial charge < -0.3 is 19.7 Å². The summed E-state index contributed by atoms with van der Waals surface area (Å²) in [6.45, 7) is 7.27. The fourth-order valence-corrected chi connectivity index (χ4v) is 2.90. The molecule has 0 aromatic heterocycles. The van der Waals surface area contributed by atoms with Crippen LogP contribution in [0, 0.1) is 11.3 Å². The molecule has 1 aromatic rings. The van der Waals surface area contributed by atoms with Crippen LogP contribution in [0.5, 0.6) is 0 Å². The number of esters is 1. The topological polar surface area (TPSA) is 91.7 Å². The van der Waals surface area contributed by atoms with Crippen LogP contribution in [0.15, 0.2) is 36.0 Å². The number of benzene rings is 1. The van der Waals surface area contributed by atoms with Crippen LogP contribution in [0.1, 0.15) is 36.7 Å². The van der Waals surface area contributed by atoms with Gasteiger partial charge in [-0.3, -0.25) is 4.79 Å². The standard InChI is InChI=1S/C20H25N3O4/c1-4-26-20(25)17-7-5-16(6-8-17)10-22-11-18(9-21)19(24)23-12-14(2)27-15(3)13-23/h5-8,11,14-15,22H,4,10,12-13H2,1-3H3/b18-11-. The van der Waals surface area contributed by atoms with Crippen LogP contribution in [0.25, 0.3) is 0 Å². The molecule has 1 aromatic carbocycles. The van der Waals surface area contributed by atoms with Crippen molar-refractivity contribution < 1.29 is 19.1 Å². The lowest BCUT2D eigenvalue weighted by Crippen LogP contribution is -2.48. The smallest absolute Gasteiger partial charge is 0.338 e. The minimum absolute atomic E-state index is 0.0523. The van der Waals surface area contributed by atoms with E-state index in [1.165, 1.54) is 6.20 Å². The zero-order chi connectivity index (χ0) is 19.8. The summed E-state index contributed by atoms with van der Waals surface area (Å²) in [5.41, 5.74) is 1.46. The first-order valence-electron chi connectivity index (χ1n) is 8.99. The van der Waals surface area contributed by atoms with Crippen LogP contribution < -0.4 is 5.32 Å². The third kappa shape index (κ3) is 5.83. The van der Waals surface area contributed by atoms with E-state index in [4.69, 9.17) is 9.47 Å². The van der Waals surface area contributed by atoms with Crippen LogP contribution in [-0.2, 0) is 20.8 Å². The van der Waals surface area contributed by atoms with Crippen LogP contribution in [0.2, 0.25) is 0 Å². The molecule has 27 heavy (non-hydrogen) atoms. The minimum atomic E-state index is -0.358. The van der Waals surface area contributed by atoms with E-state index in [1.54, 1.807) is 36.1 Å². The Kier molecular flexibility index (Phi) is 7.38. The minimum Gasteiger partial charge on any atom is -0.462 e. The number of morpholine rings is 1. The molecule has 1 amide bonds. The van der Waals surface area contributed by atoms with E-state index in [2.05, 4.69) is 5.32 Å². The Balaban J connectivity index is 1.94. The normalized spacial score (nSPS) is 19.9. The van der Waals surface area contributed by atoms with Gasteiger partial charge >= 0.3 is 5.97 Å². The number of nitriles is 1. The Labute approximate surface area is 159 Å². The number of nitrogens with one attached hydrogen (secondary N) is 1. The predicted molar refractivity (Wildman–Crippen MR) is 99.5 cm³/mol. The van der Waals surface area contributed by atoms with Crippen molar-refractivity contribution in [2.75, 3.05) is 19.7 Å². The molecular formula is C20H25N3O4. The first-order valence-corrected chi connectivity index (χ1v) is 8.99. The first kappa shape index (κ1) is 20.5. The molecule has 1 heterocycles. The van der Waals surface area contributed by atoms with Crippen molar-refractivity contribution in [2.24, 2.45) is 0 Å². The summed E-state index contributed by atoms with van der Waals surface area (Å²) in [4.78, 5) is 25.8. The van der Waals surface area contributed by atoms with Crippen molar-refractivity contribution in [2.45, 2.75) is 39.5 Å². The summed E-state index contributed by atoms with van der Waals surface area (Å²) < 4.78 is 10.6. The predicted octanol–water partition coefficient (Wildman–Crippen LogP) is 2.00. The third-order valence-corrected chi connectivity index (χ3v) is 4.08. The van der Waals surface area contributed by atoms with Gasteiger partial charge in [0.25, 0.3) is 5.91 Å². The Morgan fingerprint density at radius 3 is 2.48 bits per heavy atom. The van der Waals surface area contributed by atoms with Crippen LogP contribution in [0.3, 0.4) is 0 Å². The summed E-state index contributed by atoms with van der Waals surface area (Å²) in [6, 6.07) is 8.93. The monoisotopic (exact) mass is 371 g/mol. The number of carbonyl (C=O) groups excluding carboxylic acids is 2. The summed E-state index contributed by atoms with van der Waals surface area (Å²) in [6.07, 6.45) is 1.33. The molecule has 144 valence electrons. The number of amides is 1. The van der Waals surface area contributed by atoms with Gasteiger partial charge in [0.05, 0.1) is 24.4 Å². The van der Waals surface area contributed by atoms with E-state index in [0.29, 0.717) is 31.8 Å². The number of ether oxygens (including phenoxy) is 2. The summed E-state index contributed by atoms with van der Waals surface area (Å²) in [5, 5.41) is 12.3. The highest BCUT2D eigenvalue weighted by Gasteiger charge is 2.27. The van der Waals surface area contributed by atoms with Gasteiger partial charge in [-0.05, 0) is 38.5 Å². The van der Waals surface area contributed by atoms with E-state index in [0.717, 1.165) is 5.56 Å². The highest BCUT2D eigenvalue weighted by atomic mass is 16.5. The molecule has 0 saturated carbocycles. The highest BCUT2D eigenvalue weighted by Crippen LogP contribution is 2.13. The lowest BCUT2D eigenvalue weighted by molar-refractivity contribution is -0.138. The Hall–Kier alpha value is -2.85. The maximum atomic E-state index is 12.5. The fourth-order valence-electron chi connectivity index (χ4n) is 2.90. The molecule has 0 bridgehead atoms. The molecule has 0 spiro atoms. The Bertz CT molecular complexity index is 727. The SMILES string of the molecule is CCOC(=O)c1ccc(CN/C=C(/C#N)C(=O)N2CC(C)OC(C)C2)cc1. The van der Waals surface area contributed by atoms with Gasteiger partial charge in [-0.2, -0.15) is 5.26 Å². The fraction of sp³-hybridized carbons (Fsp3) is 0.450. The second kappa shape index (κ2) is 9.74. The van der Waals surface area contributed by atoms with Gasteiger partial charge in [0, 0.05) is 25.8 Å². The van der Waals surface area contributed by atoms with Gasteiger partial charge in [-0.25, -0.2) is 4.79 Å². The number of carbonyl (C=O) groups is 2. The molecule has 7 nitrogen and oxygen atoms in total. The van der Waals surface area contributed by atoms with Crippen molar-refractivity contribution >= 4 is 11.9 Å². The van der Waals surface area contributed by atoms with Gasteiger partial charge in [0.2, 0.25) is 0 Å². The molecule has 0 radical (unpaired) electrons. The van der Waals surface area contributed by atoms with E-state index in [9.17, 15) is 14.9 Å². The average Bonchev–Trinajstić information content (AvgIpc) is 2.64. The number of nitrogens with zero attached hydrogens (tertiary/aromatic N) is 2. The second-order valence-electron chi connectivity index (χ2n) is 6.44. The zero-order valence-corrected chi connectivity index (χ0v) is 15.9. The zero-order valence-electron chi connectivity index (χ0n) is 15.9. The lowest BCUT2D eigenvalue weighted by atomic mass is 10.1. The molecule has 0 aliphatic carbocycles. The molecular weight excluding hydrogens is 346 g/mol. The van der Waals surface area contributed by atoms with Gasteiger partial charge in [-0.15, -0.1) is 0 Å². The molecule has 1 saturated heterocycles.